The predicted molar refractivity (Wildman–Crippen MR) is 106 cm³/mol. The Hall–Kier alpha value is -1.99. The molecule has 1 atom stereocenters. The van der Waals surface area contributed by atoms with Gasteiger partial charge in [0.25, 0.3) is 5.91 Å². The molecular formula is C18H20N4OS2. The Kier molecular flexibility index (Phi) is 5.34. The second-order valence-corrected chi connectivity index (χ2v) is 7.94. The summed E-state index contributed by atoms with van der Waals surface area (Å²) < 4.78 is 0. The summed E-state index contributed by atoms with van der Waals surface area (Å²) in [5.41, 5.74) is 7.71. The van der Waals surface area contributed by atoms with E-state index in [0.717, 1.165) is 28.3 Å². The van der Waals surface area contributed by atoms with Gasteiger partial charge in [0, 0.05) is 22.5 Å². The minimum Gasteiger partial charge on any atom is -0.379 e. The lowest BCUT2D eigenvalue weighted by Gasteiger charge is -2.30. The van der Waals surface area contributed by atoms with Gasteiger partial charge in [-0.05, 0) is 49.4 Å². The molecule has 130 valence electrons. The number of hydrogen-bond donors (Lipinski definition) is 2. The van der Waals surface area contributed by atoms with Crippen LogP contribution in [-0.2, 0) is 5.54 Å². The Labute approximate surface area is 155 Å². The maximum atomic E-state index is 12.4. The van der Waals surface area contributed by atoms with Crippen molar-refractivity contribution in [2.24, 2.45) is 10.7 Å². The molecule has 0 bridgehead atoms. The Bertz CT molecular complexity index is 807. The number of anilines is 1. The first-order valence-electron chi connectivity index (χ1n) is 7.90. The van der Waals surface area contributed by atoms with Crippen LogP contribution in [0, 0.1) is 0 Å². The van der Waals surface area contributed by atoms with Gasteiger partial charge < -0.3 is 11.1 Å². The van der Waals surface area contributed by atoms with E-state index in [0.29, 0.717) is 10.9 Å². The number of amides is 1. The molecule has 7 heteroatoms. The molecule has 1 aliphatic rings. The highest BCUT2D eigenvalue weighted by atomic mass is 32.2. The minimum absolute atomic E-state index is 0.225. The predicted octanol–water partition coefficient (Wildman–Crippen LogP) is 3.72. The number of carbonyl (C=O) groups is 1. The molecule has 5 nitrogen and oxygen atoms in total. The maximum absolute atomic E-state index is 12.4. The number of thioether (sulfide) groups is 2. The van der Waals surface area contributed by atoms with Gasteiger partial charge in [-0.1, -0.05) is 23.9 Å². The Morgan fingerprint density at radius 1 is 1.36 bits per heavy atom. The molecule has 0 fully saturated rings. The van der Waals surface area contributed by atoms with Crippen LogP contribution in [0.15, 0.2) is 52.5 Å². The van der Waals surface area contributed by atoms with Crippen molar-refractivity contribution < 1.29 is 4.79 Å². The van der Waals surface area contributed by atoms with Crippen molar-refractivity contribution in [2.75, 3.05) is 17.3 Å². The van der Waals surface area contributed by atoms with Gasteiger partial charge in [-0.3, -0.25) is 9.79 Å². The fraction of sp³-hybridized carbons (Fsp3) is 0.278. The molecule has 2 heterocycles. The number of amidine groups is 1. The number of benzene rings is 1. The molecule has 0 saturated carbocycles. The Morgan fingerprint density at radius 2 is 2.20 bits per heavy atom. The average Bonchev–Trinajstić information content (AvgIpc) is 2.62. The number of nitrogens with two attached hydrogens (primary N) is 1. The molecule has 3 rings (SSSR count). The van der Waals surface area contributed by atoms with Gasteiger partial charge in [-0.15, -0.1) is 11.8 Å². The summed E-state index contributed by atoms with van der Waals surface area (Å²) in [7, 11) is 0. The van der Waals surface area contributed by atoms with Gasteiger partial charge in [0.2, 0.25) is 0 Å². The molecule has 0 spiro atoms. The third kappa shape index (κ3) is 4.16. The van der Waals surface area contributed by atoms with Crippen LogP contribution in [0.2, 0.25) is 0 Å². The van der Waals surface area contributed by atoms with Crippen molar-refractivity contribution in [1.82, 2.24) is 4.98 Å². The van der Waals surface area contributed by atoms with Crippen LogP contribution in [0.3, 0.4) is 0 Å². The first-order valence-corrected chi connectivity index (χ1v) is 10.1. The van der Waals surface area contributed by atoms with E-state index in [1.165, 1.54) is 0 Å². The third-order valence-electron chi connectivity index (χ3n) is 4.14. The monoisotopic (exact) mass is 372 g/mol. The summed E-state index contributed by atoms with van der Waals surface area (Å²) in [4.78, 5) is 22.2. The number of nitrogens with zero attached hydrogens (tertiary/aromatic N) is 2. The zero-order valence-corrected chi connectivity index (χ0v) is 15.8. The average molecular weight is 373 g/mol. The van der Waals surface area contributed by atoms with Gasteiger partial charge in [0.05, 0.1) is 5.54 Å². The largest absolute Gasteiger partial charge is 0.379 e. The number of rotatable bonds is 4. The SMILES string of the molecule is CSc1ccc(C(=O)Nc2cccc([C@]3(C)CCSC(N)=N3)c2)nc1. The highest BCUT2D eigenvalue weighted by molar-refractivity contribution is 8.13. The van der Waals surface area contributed by atoms with Crippen molar-refractivity contribution in [3.63, 3.8) is 0 Å². The summed E-state index contributed by atoms with van der Waals surface area (Å²) in [5.74, 6) is 0.714. The van der Waals surface area contributed by atoms with Crippen LogP contribution in [-0.4, -0.2) is 28.1 Å². The van der Waals surface area contributed by atoms with Crippen LogP contribution in [0.5, 0.6) is 0 Å². The van der Waals surface area contributed by atoms with Gasteiger partial charge >= 0.3 is 0 Å². The second kappa shape index (κ2) is 7.49. The zero-order chi connectivity index (χ0) is 17.9. The Balaban J connectivity index is 1.79. The molecule has 25 heavy (non-hydrogen) atoms. The van der Waals surface area contributed by atoms with E-state index in [2.05, 4.69) is 22.2 Å². The highest BCUT2D eigenvalue weighted by Gasteiger charge is 2.29. The number of aliphatic imine (C=N–C) groups is 1. The molecular weight excluding hydrogens is 352 g/mol. The lowest BCUT2D eigenvalue weighted by molar-refractivity contribution is 0.102. The molecule has 3 N–H and O–H groups in total. The van der Waals surface area contributed by atoms with Crippen LogP contribution in [0.25, 0.3) is 0 Å². The number of carbonyl (C=O) groups excluding carboxylic acids is 1. The summed E-state index contributed by atoms with van der Waals surface area (Å²) in [6.45, 7) is 2.07. The van der Waals surface area contributed by atoms with E-state index in [1.54, 1.807) is 35.8 Å². The lowest BCUT2D eigenvalue weighted by Crippen LogP contribution is -2.28. The van der Waals surface area contributed by atoms with Crippen molar-refractivity contribution in [2.45, 2.75) is 23.8 Å². The van der Waals surface area contributed by atoms with Gasteiger partial charge in [-0.2, -0.15) is 0 Å². The lowest BCUT2D eigenvalue weighted by atomic mass is 9.89. The normalized spacial score (nSPS) is 20.0. The topological polar surface area (TPSA) is 80.4 Å². The fourth-order valence-electron chi connectivity index (χ4n) is 2.66. The van der Waals surface area contributed by atoms with E-state index < -0.39 is 0 Å². The number of nitrogens with one attached hydrogen (secondary N) is 1. The van der Waals surface area contributed by atoms with Crippen molar-refractivity contribution in [1.29, 1.82) is 0 Å². The highest BCUT2D eigenvalue weighted by Crippen LogP contribution is 2.35. The molecule has 1 aliphatic heterocycles. The minimum atomic E-state index is -0.353. The zero-order valence-electron chi connectivity index (χ0n) is 14.2. The number of pyridine rings is 1. The van der Waals surface area contributed by atoms with E-state index in [1.807, 2.05) is 36.6 Å². The first kappa shape index (κ1) is 17.8. The van der Waals surface area contributed by atoms with Crippen LogP contribution >= 0.6 is 23.5 Å². The standard InChI is InChI=1S/C18H20N4OS2/c1-18(8-9-25-17(19)22-18)12-4-3-5-13(10-12)21-16(23)15-7-6-14(24-2)11-20-15/h3-7,10-11H,8-9H2,1-2H3,(H2,19,22)(H,21,23)/t18-/m0/s1. The molecule has 2 aromatic rings. The summed E-state index contributed by atoms with van der Waals surface area (Å²) >= 11 is 3.17. The maximum Gasteiger partial charge on any atom is 0.274 e. The van der Waals surface area contributed by atoms with Crippen LogP contribution < -0.4 is 11.1 Å². The van der Waals surface area contributed by atoms with Crippen molar-refractivity contribution in [3.8, 4) is 0 Å². The van der Waals surface area contributed by atoms with E-state index in [9.17, 15) is 4.79 Å². The van der Waals surface area contributed by atoms with Crippen molar-refractivity contribution >= 4 is 40.3 Å². The van der Waals surface area contributed by atoms with E-state index in [4.69, 9.17) is 5.73 Å². The molecule has 0 radical (unpaired) electrons. The summed E-state index contributed by atoms with van der Waals surface area (Å²) in [5, 5.41) is 3.52. The smallest absolute Gasteiger partial charge is 0.274 e. The third-order valence-corrected chi connectivity index (χ3v) is 5.65. The Morgan fingerprint density at radius 3 is 2.88 bits per heavy atom. The number of hydrogen-bond acceptors (Lipinski definition) is 6. The molecule has 0 unspecified atom stereocenters. The first-order chi connectivity index (χ1) is 12.0. The number of aromatic nitrogens is 1. The quantitative estimate of drug-likeness (QED) is 0.800. The fourth-order valence-corrected chi connectivity index (χ4v) is 3.99. The van der Waals surface area contributed by atoms with E-state index >= 15 is 0 Å². The summed E-state index contributed by atoms with van der Waals surface area (Å²) in [6, 6.07) is 11.4. The van der Waals surface area contributed by atoms with Gasteiger partial charge in [0.1, 0.15) is 5.69 Å². The molecule has 0 aliphatic carbocycles. The van der Waals surface area contributed by atoms with Crippen LogP contribution in [0.1, 0.15) is 29.4 Å². The summed E-state index contributed by atoms with van der Waals surface area (Å²) in [6.07, 6.45) is 4.59. The van der Waals surface area contributed by atoms with Crippen LogP contribution in [0.4, 0.5) is 5.69 Å². The molecule has 1 aromatic heterocycles. The van der Waals surface area contributed by atoms with Gasteiger partial charge in [0.15, 0.2) is 5.17 Å². The van der Waals surface area contributed by atoms with Crippen molar-refractivity contribution in [3.05, 3.63) is 53.9 Å². The van der Waals surface area contributed by atoms with E-state index in [-0.39, 0.29) is 11.4 Å². The molecule has 0 saturated heterocycles. The molecule has 1 amide bonds. The second-order valence-electron chi connectivity index (χ2n) is 5.94. The van der Waals surface area contributed by atoms with Gasteiger partial charge in [-0.25, -0.2) is 4.98 Å². The molecule has 1 aromatic carbocycles.